The summed E-state index contributed by atoms with van der Waals surface area (Å²) in [6.07, 6.45) is 0.422. The molecule has 1 aromatic heterocycles. The van der Waals surface area contributed by atoms with Crippen molar-refractivity contribution in [1.29, 1.82) is 0 Å². The van der Waals surface area contributed by atoms with Gasteiger partial charge in [-0.15, -0.1) is 0 Å². The molecule has 0 aliphatic carbocycles. The van der Waals surface area contributed by atoms with Gasteiger partial charge in [0.05, 0.1) is 19.2 Å². The van der Waals surface area contributed by atoms with E-state index in [1.54, 1.807) is 19.2 Å². The molecule has 1 heterocycles. The Labute approximate surface area is 169 Å². The number of aliphatic carboxylic acids is 1. The number of aryl methyl sites for hydroxylation is 3. The van der Waals surface area contributed by atoms with Crippen LogP contribution in [0.3, 0.4) is 0 Å². The number of carboxylic acids is 1. The third kappa shape index (κ3) is 4.16. The van der Waals surface area contributed by atoms with Crippen molar-refractivity contribution in [3.63, 3.8) is 0 Å². The highest BCUT2D eigenvalue weighted by molar-refractivity contribution is 5.93. The number of carbonyl (C=O) groups is 2. The molecule has 0 aliphatic heterocycles. The average Bonchev–Trinajstić information content (AvgIpc) is 3.09. The van der Waals surface area contributed by atoms with Crippen LogP contribution in [0.4, 0.5) is 0 Å². The fraction of sp³-hybridized carbons (Fsp3) is 0.217. The molecule has 2 aromatic carbocycles. The van der Waals surface area contributed by atoms with E-state index in [2.05, 4.69) is 4.57 Å². The minimum Gasteiger partial charge on any atom is -0.497 e. The van der Waals surface area contributed by atoms with Crippen LogP contribution in [0.15, 0.2) is 48.5 Å². The van der Waals surface area contributed by atoms with E-state index < -0.39 is 11.9 Å². The molecule has 3 aromatic rings. The number of hydrogen-bond acceptors (Lipinski definition) is 3. The third-order valence-corrected chi connectivity index (χ3v) is 4.99. The first-order valence-corrected chi connectivity index (χ1v) is 9.30. The summed E-state index contributed by atoms with van der Waals surface area (Å²) in [5.74, 6) is -0.553. The van der Waals surface area contributed by atoms with Gasteiger partial charge in [0.1, 0.15) is 5.75 Å². The lowest BCUT2D eigenvalue weighted by Crippen LogP contribution is -2.12. The van der Waals surface area contributed by atoms with Gasteiger partial charge in [0.15, 0.2) is 0 Å². The molecular weight excluding hydrogens is 368 g/mol. The number of nitrogens with two attached hydrogens (primary N) is 1. The maximum atomic E-state index is 11.5. The van der Waals surface area contributed by atoms with Crippen LogP contribution in [0.1, 0.15) is 33.6 Å². The van der Waals surface area contributed by atoms with E-state index in [1.165, 1.54) is 0 Å². The lowest BCUT2D eigenvalue weighted by atomic mass is 10.0. The first kappa shape index (κ1) is 20.2. The summed E-state index contributed by atoms with van der Waals surface area (Å²) in [5.41, 5.74) is 11.5. The molecule has 6 heteroatoms. The zero-order chi connectivity index (χ0) is 21.1. The van der Waals surface area contributed by atoms with E-state index in [4.69, 9.17) is 15.6 Å². The zero-order valence-electron chi connectivity index (χ0n) is 16.7. The molecule has 3 N–H and O–H groups in total. The lowest BCUT2D eigenvalue weighted by molar-refractivity contribution is -0.136. The van der Waals surface area contributed by atoms with Crippen LogP contribution in [0.2, 0.25) is 0 Å². The molecule has 0 saturated carbocycles. The van der Waals surface area contributed by atoms with E-state index in [9.17, 15) is 9.59 Å². The van der Waals surface area contributed by atoms with Crippen molar-refractivity contribution < 1.29 is 19.4 Å². The second kappa shape index (κ2) is 8.22. The zero-order valence-corrected chi connectivity index (χ0v) is 16.7. The van der Waals surface area contributed by atoms with Gasteiger partial charge in [-0.1, -0.05) is 0 Å². The van der Waals surface area contributed by atoms with Crippen molar-refractivity contribution in [2.24, 2.45) is 5.73 Å². The number of carbonyl (C=O) groups excluding carboxylic acids is 1. The highest BCUT2D eigenvalue weighted by Gasteiger charge is 2.17. The van der Waals surface area contributed by atoms with Crippen LogP contribution in [0.5, 0.6) is 5.75 Å². The Morgan fingerprint density at radius 3 is 2.38 bits per heavy atom. The first-order valence-electron chi connectivity index (χ1n) is 9.30. The van der Waals surface area contributed by atoms with Crippen LogP contribution in [-0.4, -0.2) is 28.7 Å². The predicted octanol–water partition coefficient (Wildman–Crippen LogP) is 3.89. The molecule has 0 fully saturated rings. The molecule has 3 rings (SSSR count). The van der Waals surface area contributed by atoms with E-state index in [0.29, 0.717) is 12.0 Å². The Kier molecular flexibility index (Phi) is 5.73. The first-order chi connectivity index (χ1) is 13.8. The topological polar surface area (TPSA) is 94.6 Å². The van der Waals surface area contributed by atoms with Crippen LogP contribution >= 0.6 is 0 Å². The van der Waals surface area contributed by atoms with Crippen molar-refractivity contribution in [2.75, 3.05) is 7.11 Å². The van der Waals surface area contributed by atoms with E-state index in [1.807, 2.05) is 50.2 Å². The molecule has 0 saturated heterocycles. The second-order valence-electron chi connectivity index (χ2n) is 6.99. The number of aromatic nitrogens is 1. The monoisotopic (exact) mass is 392 g/mol. The number of amides is 1. The molecule has 0 bridgehead atoms. The summed E-state index contributed by atoms with van der Waals surface area (Å²) >= 11 is 0. The van der Waals surface area contributed by atoms with Gasteiger partial charge in [-0.05, 0) is 79.9 Å². The minimum atomic E-state index is -0.847. The predicted molar refractivity (Wildman–Crippen MR) is 112 cm³/mol. The van der Waals surface area contributed by atoms with Crippen molar-refractivity contribution in [2.45, 2.75) is 26.7 Å². The maximum Gasteiger partial charge on any atom is 0.303 e. The lowest BCUT2D eigenvalue weighted by Gasteiger charge is -2.18. The highest BCUT2D eigenvalue weighted by Crippen LogP contribution is 2.32. The van der Waals surface area contributed by atoms with Crippen LogP contribution in [0.25, 0.3) is 16.9 Å². The van der Waals surface area contributed by atoms with Gasteiger partial charge in [-0.25, -0.2) is 0 Å². The summed E-state index contributed by atoms with van der Waals surface area (Å²) in [5, 5.41) is 9.14. The standard InChI is InChI=1S/C23H24N2O4/c1-14-13-18(29-3)7-8-19(14)21-10-5-17(6-11-22(26)27)25(21)20-9-4-16(23(24)28)12-15(20)2/h4-5,7-10,12-13H,6,11H2,1-3H3,(H2,24,28)(H,26,27). The summed E-state index contributed by atoms with van der Waals surface area (Å²) < 4.78 is 7.36. The van der Waals surface area contributed by atoms with E-state index >= 15 is 0 Å². The van der Waals surface area contributed by atoms with Crippen molar-refractivity contribution in [3.05, 3.63) is 70.9 Å². The molecule has 0 unspecified atom stereocenters. The Morgan fingerprint density at radius 1 is 1.03 bits per heavy atom. The Morgan fingerprint density at radius 2 is 1.79 bits per heavy atom. The minimum absolute atomic E-state index is 0.0312. The number of methoxy groups -OCH3 is 1. The Bertz CT molecular complexity index is 1080. The average molecular weight is 392 g/mol. The summed E-state index contributed by atoms with van der Waals surface area (Å²) in [7, 11) is 1.63. The van der Waals surface area contributed by atoms with Crippen molar-refractivity contribution in [1.82, 2.24) is 4.57 Å². The number of nitrogens with zero attached hydrogens (tertiary/aromatic N) is 1. The summed E-state index contributed by atoms with van der Waals surface area (Å²) in [6.45, 7) is 3.92. The van der Waals surface area contributed by atoms with E-state index in [-0.39, 0.29) is 6.42 Å². The van der Waals surface area contributed by atoms with Gasteiger partial charge in [0.2, 0.25) is 5.91 Å². The third-order valence-electron chi connectivity index (χ3n) is 4.99. The summed E-state index contributed by atoms with van der Waals surface area (Å²) in [6, 6.07) is 15.1. The number of hydrogen-bond donors (Lipinski definition) is 2. The number of rotatable bonds is 7. The normalized spacial score (nSPS) is 10.7. The van der Waals surface area contributed by atoms with Gasteiger partial charge in [0, 0.05) is 22.5 Å². The molecule has 0 aliphatic rings. The number of benzene rings is 2. The molecular formula is C23H24N2O4. The molecule has 6 nitrogen and oxygen atoms in total. The van der Waals surface area contributed by atoms with Gasteiger partial charge < -0.3 is 20.1 Å². The molecule has 0 spiro atoms. The van der Waals surface area contributed by atoms with E-state index in [0.717, 1.165) is 39.5 Å². The fourth-order valence-electron chi connectivity index (χ4n) is 3.51. The maximum absolute atomic E-state index is 11.5. The number of primary amides is 1. The molecule has 1 amide bonds. The number of ether oxygens (including phenoxy) is 1. The SMILES string of the molecule is COc1ccc(-c2ccc(CCC(=O)O)n2-c2ccc(C(N)=O)cc2C)c(C)c1. The van der Waals surface area contributed by atoms with Crippen LogP contribution < -0.4 is 10.5 Å². The molecule has 0 atom stereocenters. The fourth-order valence-corrected chi connectivity index (χ4v) is 3.51. The number of carboxylic acid groups (broad SMARTS) is 1. The Balaban J connectivity index is 2.19. The largest absolute Gasteiger partial charge is 0.497 e. The van der Waals surface area contributed by atoms with Crippen molar-refractivity contribution in [3.8, 4) is 22.7 Å². The quantitative estimate of drug-likeness (QED) is 0.638. The van der Waals surface area contributed by atoms with Crippen molar-refractivity contribution >= 4 is 11.9 Å². The molecule has 150 valence electrons. The molecule has 29 heavy (non-hydrogen) atoms. The molecule has 0 radical (unpaired) electrons. The van der Waals surface area contributed by atoms with Crippen LogP contribution in [0, 0.1) is 13.8 Å². The summed E-state index contributed by atoms with van der Waals surface area (Å²) in [4.78, 5) is 22.7. The van der Waals surface area contributed by atoms with Gasteiger partial charge in [-0.3, -0.25) is 9.59 Å². The highest BCUT2D eigenvalue weighted by atomic mass is 16.5. The van der Waals surface area contributed by atoms with Crippen LogP contribution in [-0.2, 0) is 11.2 Å². The van der Waals surface area contributed by atoms with Gasteiger partial charge in [0.25, 0.3) is 0 Å². The van der Waals surface area contributed by atoms with Gasteiger partial charge in [-0.2, -0.15) is 0 Å². The second-order valence-corrected chi connectivity index (χ2v) is 6.99. The Hall–Kier alpha value is -3.54. The smallest absolute Gasteiger partial charge is 0.303 e. The van der Waals surface area contributed by atoms with Gasteiger partial charge >= 0.3 is 5.97 Å².